The van der Waals surface area contributed by atoms with E-state index in [1.165, 1.54) is 12.8 Å². The summed E-state index contributed by atoms with van der Waals surface area (Å²) in [7, 11) is 0. The zero-order chi connectivity index (χ0) is 12.7. The second-order valence-corrected chi connectivity index (χ2v) is 5.22. The number of hydrogen-bond acceptors (Lipinski definition) is 2. The highest BCUT2D eigenvalue weighted by molar-refractivity contribution is 5.85. The lowest BCUT2D eigenvalue weighted by atomic mass is 9.89. The highest BCUT2D eigenvalue weighted by atomic mass is 35.5. The van der Waals surface area contributed by atoms with Gasteiger partial charge >= 0.3 is 0 Å². The Bertz CT molecular complexity index is 228. The summed E-state index contributed by atoms with van der Waals surface area (Å²) in [6.45, 7) is 7.60. The molecule has 0 bridgehead atoms. The minimum absolute atomic E-state index is 0. The fraction of sp³-hybridized carbons (Fsp3) is 0.929. The van der Waals surface area contributed by atoms with Crippen molar-refractivity contribution in [2.24, 2.45) is 0 Å². The molecule has 1 rings (SSSR count). The first kappa shape index (κ1) is 17.7. The molecule has 0 aromatic heterocycles. The molecule has 0 aliphatic carbocycles. The molecule has 2 N–H and O–H groups in total. The van der Waals surface area contributed by atoms with Gasteiger partial charge in [-0.1, -0.05) is 20.8 Å². The summed E-state index contributed by atoms with van der Waals surface area (Å²) >= 11 is 0. The van der Waals surface area contributed by atoms with E-state index in [9.17, 15) is 4.79 Å². The molecule has 1 fully saturated rings. The number of amides is 1. The summed E-state index contributed by atoms with van der Waals surface area (Å²) in [4.78, 5) is 12.0. The molecule has 0 spiro atoms. The Kier molecular flexibility index (Phi) is 8.62. The fourth-order valence-electron chi connectivity index (χ4n) is 2.68. The van der Waals surface area contributed by atoms with Crippen molar-refractivity contribution in [2.45, 2.75) is 77.3 Å². The maximum atomic E-state index is 12.0. The van der Waals surface area contributed by atoms with Crippen LogP contribution < -0.4 is 10.6 Å². The van der Waals surface area contributed by atoms with Gasteiger partial charge in [-0.2, -0.15) is 0 Å². The minimum atomic E-state index is 0. The molecular formula is C14H29ClN2O. The third-order valence-electron chi connectivity index (χ3n) is 4.32. The van der Waals surface area contributed by atoms with Crippen molar-refractivity contribution >= 4 is 18.3 Å². The predicted molar refractivity (Wildman–Crippen MR) is 79.3 cm³/mol. The van der Waals surface area contributed by atoms with Crippen molar-refractivity contribution in [3.8, 4) is 0 Å². The van der Waals surface area contributed by atoms with Crippen LogP contribution in [0.1, 0.15) is 65.7 Å². The monoisotopic (exact) mass is 276 g/mol. The lowest BCUT2D eigenvalue weighted by Gasteiger charge is -2.32. The SMILES string of the molecule is CCC(CC)(CC)NC(=O)CCC1CCCN1.Cl. The second kappa shape index (κ2) is 8.76. The smallest absolute Gasteiger partial charge is 0.220 e. The standard InChI is InChI=1S/C14H28N2O.ClH/c1-4-14(5-2,6-3)16-13(17)10-9-12-8-7-11-15-12;/h12,15H,4-11H2,1-3H3,(H,16,17);1H. The van der Waals surface area contributed by atoms with E-state index in [4.69, 9.17) is 0 Å². The zero-order valence-corrected chi connectivity index (χ0v) is 12.9. The lowest BCUT2D eigenvalue weighted by Crippen LogP contribution is -2.47. The Balaban J connectivity index is 0.00000289. The number of carbonyl (C=O) groups excluding carboxylic acids is 1. The highest BCUT2D eigenvalue weighted by Gasteiger charge is 2.26. The molecule has 1 unspecified atom stereocenters. The van der Waals surface area contributed by atoms with Crippen molar-refractivity contribution in [1.82, 2.24) is 10.6 Å². The van der Waals surface area contributed by atoms with Gasteiger partial charge in [0.25, 0.3) is 0 Å². The number of hydrogen-bond donors (Lipinski definition) is 2. The molecule has 4 heteroatoms. The van der Waals surface area contributed by atoms with E-state index in [-0.39, 0.29) is 23.9 Å². The van der Waals surface area contributed by atoms with Crippen molar-refractivity contribution in [3.05, 3.63) is 0 Å². The van der Waals surface area contributed by atoms with Gasteiger partial charge < -0.3 is 10.6 Å². The molecule has 1 heterocycles. The van der Waals surface area contributed by atoms with Gasteiger partial charge in [-0.25, -0.2) is 0 Å². The van der Waals surface area contributed by atoms with Crippen molar-refractivity contribution in [3.63, 3.8) is 0 Å². The van der Waals surface area contributed by atoms with Gasteiger partial charge in [0.1, 0.15) is 0 Å². The summed E-state index contributed by atoms with van der Waals surface area (Å²) in [6.07, 6.45) is 7.20. The summed E-state index contributed by atoms with van der Waals surface area (Å²) in [5.41, 5.74) is 0.0280. The summed E-state index contributed by atoms with van der Waals surface area (Å²) in [5, 5.41) is 6.67. The van der Waals surface area contributed by atoms with Crippen LogP contribution in [0.4, 0.5) is 0 Å². The van der Waals surface area contributed by atoms with Gasteiger partial charge in [-0.05, 0) is 45.1 Å². The van der Waals surface area contributed by atoms with Gasteiger partial charge in [0, 0.05) is 18.0 Å². The maximum absolute atomic E-state index is 12.0. The topological polar surface area (TPSA) is 41.1 Å². The molecule has 3 nitrogen and oxygen atoms in total. The zero-order valence-electron chi connectivity index (χ0n) is 12.1. The van der Waals surface area contributed by atoms with Crippen LogP contribution in [-0.2, 0) is 4.79 Å². The van der Waals surface area contributed by atoms with E-state index in [0.29, 0.717) is 12.5 Å². The third-order valence-corrected chi connectivity index (χ3v) is 4.32. The number of nitrogens with one attached hydrogen (secondary N) is 2. The first-order valence-electron chi connectivity index (χ1n) is 7.20. The Morgan fingerprint density at radius 1 is 1.28 bits per heavy atom. The molecule has 1 atom stereocenters. The lowest BCUT2D eigenvalue weighted by molar-refractivity contribution is -0.123. The van der Waals surface area contributed by atoms with Gasteiger partial charge in [0.2, 0.25) is 5.91 Å². The summed E-state index contributed by atoms with van der Waals surface area (Å²) in [5.74, 6) is 0.226. The Morgan fingerprint density at radius 3 is 2.33 bits per heavy atom. The third kappa shape index (κ3) is 5.15. The molecule has 0 aromatic rings. The number of halogens is 1. The molecule has 1 aliphatic heterocycles. The maximum Gasteiger partial charge on any atom is 0.220 e. The van der Waals surface area contributed by atoms with Crippen LogP contribution in [-0.4, -0.2) is 24.0 Å². The van der Waals surface area contributed by atoms with Crippen LogP contribution in [0.3, 0.4) is 0 Å². The van der Waals surface area contributed by atoms with Crippen LogP contribution in [0.15, 0.2) is 0 Å². The average Bonchev–Trinajstić information content (AvgIpc) is 2.87. The Morgan fingerprint density at radius 2 is 1.89 bits per heavy atom. The first-order chi connectivity index (χ1) is 8.15. The van der Waals surface area contributed by atoms with Gasteiger partial charge in [-0.15, -0.1) is 12.4 Å². The van der Waals surface area contributed by atoms with E-state index in [1.54, 1.807) is 0 Å². The van der Waals surface area contributed by atoms with E-state index in [0.717, 1.165) is 32.2 Å². The Hall–Kier alpha value is -0.280. The van der Waals surface area contributed by atoms with Crippen molar-refractivity contribution in [2.75, 3.05) is 6.54 Å². The summed E-state index contributed by atoms with van der Waals surface area (Å²) in [6, 6.07) is 0.569. The van der Waals surface area contributed by atoms with E-state index >= 15 is 0 Å². The molecule has 0 saturated carbocycles. The Labute approximate surface area is 118 Å². The number of carbonyl (C=O) groups is 1. The normalized spacial score (nSPS) is 19.4. The van der Waals surface area contributed by atoms with E-state index in [2.05, 4.69) is 31.4 Å². The second-order valence-electron chi connectivity index (χ2n) is 5.22. The van der Waals surface area contributed by atoms with E-state index < -0.39 is 0 Å². The van der Waals surface area contributed by atoms with Crippen LogP contribution in [0, 0.1) is 0 Å². The first-order valence-corrected chi connectivity index (χ1v) is 7.20. The van der Waals surface area contributed by atoms with Gasteiger partial charge in [-0.3, -0.25) is 4.79 Å². The molecule has 1 saturated heterocycles. The number of rotatable bonds is 7. The molecule has 1 amide bonds. The quantitative estimate of drug-likeness (QED) is 0.750. The fourth-order valence-corrected chi connectivity index (χ4v) is 2.68. The molecule has 108 valence electrons. The van der Waals surface area contributed by atoms with Crippen LogP contribution >= 0.6 is 12.4 Å². The molecule has 0 radical (unpaired) electrons. The molecule has 1 aliphatic rings. The van der Waals surface area contributed by atoms with Crippen LogP contribution in [0.5, 0.6) is 0 Å². The van der Waals surface area contributed by atoms with E-state index in [1.807, 2.05) is 0 Å². The van der Waals surface area contributed by atoms with Gasteiger partial charge in [0.15, 0.2) is 0 Å². The molecular weight excluding hydrogens is 248 g/mol. The highest BCUT2D eigenvalue weighted by Crippen LogP contribution is 2.20. The van der Waals surface area contributed by atoms with Crippen molar-refractivity contribution in [1.29, 1.82) is 0 Å². The predicted octanol–water partition coefficient (Wildman–Crippen LogP) is 3.03. The molecule has 18 heavy (non-hydrogen) atoms. The van der Waals surface area contributed by atoms with Gasteiger partial charge in [0.05, 0.1) is 0 Å². The minimum Gasteiger partial charge on any atom is -0.351 e. The van der Waals surface area contributed by atoms with Crippen LogP contribution in [0.2, 0.25) is 0 Å². The largest absolute Gasteiger partial charge is 0.351 e. The molecule has 0 aromatic carbocycles. The summed E-state index contributed by atoms with van der Waals surface area (Å²) < 4.78 is 0. The van der Waals surface area contributed by atoms with Crippen molar-refractivity contribution < 1.29 is 4.79 Å². The average molecular weight is 277 g/mol. The van der Waals surface area contributed by atoms with Crippen LogP contribution in [0.25, 0.3) is 0 Å².